The van der Waals surface area contributed by atoms with Crippen LogP contribution in [-0.2, 0) is 41.2 Å². The third kappa shape index (κ3) is 6.78. The number of pyridine rings is 2. The van der Waals surface area contributed by atoms with Gasteiger partial charge in [0.05, 0.1) is 40.3 Å². The highest BCUT2D eigenvalue weighted by Crippen LogP contribution is 2.41. The van der Waals surface area contributed by atoms with Gasteiger partial charge in [-0.15, -0.1) is 0 Å². The Kier molecular flexibility index (Phi) is 10.3. The number of phenolic OH excluding ortho intramolecular Hbond substituents is 2. The zero-order chi connectivity index (χ0) is 43.5. The molecule has 314 valence electrons. The van der Waals surface area contributed by atoms with Crippen molar-refractivity contribution >= 4 is 51.4 Å². The number of carbonyl (C=O) groups excluding carboxylic acids is 3. The van der Waals surface area contributed by atoms with Crippen molar-refractivity contribution in [1.82, 2.24) is 19.4 Å². The minimum atomic E-state index is -1.92. The zero-order valence-corrected chi connectivity index (χ0v) is 34.3. The molecule has 5 heterocycles. The van der Waals surface area contributed by atoms with Crippen molar-refractivity contribution in [2.24, 2.45) is 10.7 Å². The van der Waals surface area contributed by atoms with Crippen LogP contribution >= 0.6 is 0 Å². The Bertz CT molecular complexity index is 2910. The Hall–Kier alpha value is -7.20. The molecule has 16 heteroatoms. The number of aryl methyl sites for hydroxylation is 1. The third-order valence-electron chi connectivity index (χ3n) is 11.6. The van der Waals surface area contributed by atoms with E-state index in [0.717, 1.165) is 27.4 Å². The monoisotopic (exact) mass is 827 g/mol. The van der Waals surface area contributed by atoms with Gasteiger partial charge in [-0.1, -0.05) is 27.7 Å². The molecule has 0 spiro atoms. The van der Waals surface area contributed by atoms with Crippen molar-refractivity contribution in [1.29, 1.82) is 0 Å². The highest BCUT2D eigenvalue weighted by molar-refractivity contribution is 6.24. The van der Waals surface area contributed by atoms with Gasteiger partial charge in [0.1, 0.15) is 29.7 Å². The summed E-state index contributed by atoms with van der Waals surface area (Å²) in [5.74, 6) is -0.764. The largest absolute Gasteiger partial charge is 0.508 e. The molecule has 0 radical (unpaired) electrons. The van der Waals surface area contributed by atoms with Gasteiger partial charge in [-0.3, -0.25) is 9.79 Å². The van der Waals surface area contributed by atoms with Crippen LogP contribution < -0.4 is 26.2 Å². The Morgan fingerprint density at radius 3 is 2.54 bits per heavy atom. The maximum absolute atomic E-state index is 13.7. The lowest BCUT2D eigenvalue weighted by molar-refractivity contribution is -0.172. The first-order chi connectivity index (χ1) is 29.2. The number of anilines is 1. The number of aromatic nitrogens is 3. The first-order valence-electron chi connectivity index (χ1n) is 20.0. The number of esters is 1. The minimum absolute atomic E-state index is 0.0487. The van der Waals surface area contributed by atoms with Crippen LogP contribution in [0.4, 0.5) is 15.3 Å². The Labute approximate surface area is 349 Å². The summed E-state index contributed by atoms with van der Waals surface area (Å²) < 4.78 is 14.4. The van der Waals surface area contributed by atoms with E-state index in [1.165, 1.54) is 18.0 Å². The van der Waals surface area contributed by atoms with E-state index >= 15 is 0 Å². The number of amidine groups is 1. The van der Waals surface area contributed by atoms with E-state index in [1.54, 1.807) is 54.0 Å². The van der Waals surface area contributed by atoms with Crippen LogP contribution in [0.15, 0.2) is 76.6 Å². The summed E-state index contributed by atoms with van der Waals surface area (Å²) in [6.45, 7) is 8.12. The predicted molar refractivity (Wildman–Crippen MR) is 228 cm³/mol. The van der Waals surface area contributed by atoms with E-state index in [4.69, 9.17) is 20.2 Å². The summed E-state index contributed by atoms with van der Waals surface area (Å²) in [5, 5.41) is 36.7. The number of ether oxygens (including phenoxy) is 2. The lowest BCUT2D eigenvalue weighted by Crippen LogP contribution is -2.44. The van der Waals surface area contributed by atoms with E-state index < -0.39 is 23.7 Å². The Morgan fingerprint density at radius 2 is 1.84 bits per heavy atom. The summed E-state index contributed by atoms with van der Waals surface area (Å²) in [5.41, 5.74) is 9.67. The molecule has 0 saturated heterocycles. The zero-order valence-electron chi connectivity index (χ0n) is 34.3. The SMILES string of the molecule is CCc1c2c(nc3ccc(OC(=O)NCCn4ccc5cc(N(C(N)=O)/C(=N\C)c6cc(C(C)C)c(O)cc6O)ccc54)cc13)-c1cc3c(c(=O)n1C2)COC(=O)C3(O)CC. The molecule has 6 N–H and O–H groups in total. The summed E-state index contributed by atoms with van der Waals surface area (Å²) >= 11 is 0. The van der Waals surface area contributed by atoms with Crippen molar-refractivity contribution in [3.63, 3.8) is 0 Å². The number of fused-ring (bicyclic) bond motifs is 6. The molecule has 1 unspecified atom stereocenters. The van der Waals surface area contributed by atoms with Gasteiger partial charge in [0.2, 0.25) is 0 Å². The first-order valence-corrected chi connectivity index (χ1v) is 20.0. The summed E-state index contributed by atoms with van der Waals surface area (Å²) in [6.07, 6.45) is 1.84. The van der Waals surface area contributed by atoms with Crippen LogP contribution in [0, 0.1) is 0 Å². The average Bonchev–Trinajstić information content (AvgIpc) is 3.81. The average molecular weight is 828 g/mol. The summed E-state index contributed by atoms with van der Waals surface area (Å²) in [6, 6.07) is 16.0. The number of cyclic esters (lactones) is 1. The van der Waals surface area contributed by atoms with Crippen LogP contribution in [0.25, 0.3) is 33.2 Å². The van der Waals surface area contributed by atoms with Crippen LogP contribution in [0.2, 0.25) is 0 Å². The van der Waals surface area contributed by atoms with Gasteiger partial charge in [-0.2, -0.15) is 0 Å². The number of amides is 3. The number of carbonyl (C=O) groups is 3. The molecular weight excluding hydrogens is 783 g/mol. The van der Waals surface area contributed by atoms with E-state index in [0.29, 0.717) is 46.9 Å². The molecule has 0 aliphatic carbocycles. The number of nitrogens with two attached hydrogens (primary N) is 1. The van der Waals surface area contributed by atoms with E-state index in [1.807, 2.05) is 43.7 Å². The predicted octanol–water partition coefficient (Wildman–Crippen LogP) is 5.88. The number of nitrogens with one attached hydrogen (secondary N) is 1. The van der Waals surface area contributed by atoms with Gasteiger partial charge in [-0.05, 0) is 84.5 Å². The second-order valence-electron chi connectivity index (χ2n) is 15.4. The topological polar surface area (TPSA) is 224 Å². The van der Waals surface area contributed by atoms with Gasteiger partial charge in [0.15, 0.2) is 5.60 Å². The number of aliphatic hydroxyl groups is 1. The molecule has 2 aliphatic heterocycles. The van der Waals surface area contributed by atoms with Crippen molar-refractivity contribution < 1.29 is 39.2 Å². The summed E-state index contributed by atoms with van der Waals surface area (Å²) in [4.78, 5) is 62.6. The number of hydrogen-bond donors (Lipinski definition) is 5. The number of phenols is 2. The van der Waals surface area contributed by atoms with Crippen LogP contribution in [-0.4, -0.2) is 67.0 Å². The van der Waals surface area contributed by atoms with Crippen molar-refractivity contribution in [2.75, 3.05) is 18.5 Å². The quantitative estimate of drug-likeness (QED) is 0.0660. The smallest absolute Gasteiger partial charge is 0.412 e. The maximum Gasteiger partial charge on any atom is 0.412 e. The van der Waals surface area contributed by atoms with E-state index in [9.17, 15) is 34.5 Å². The lowest BCUT2D eigenvalue weighted by Gasteiger charge is -2.31. The normalized spacial score (nSPS) is 15.7. The second-order valence-corrected chi connectivity index (χ2v) is 15.4. The second kappa shape index (κ2) is 15.4. The molecule has 61 heavy (non-hydrogen) atoms. The fourth-order valence-corrected chi connectivity index (χ4v) is 8.48. The maximum atomic E-state index is 13.7. The summed E-state index contributed by atoms with van der Waals surface area (Å²) in [7, 11) is 1.48. The van der Waals surface area contributed by atoms with Crippen molar-refractivity contribution in [2.45, 2.75) is 71.8 Å². The highest BCUT2D eigenvalue weighted by atomic mass is 16.6. The Balaban J connectivity index is 0.972. The van der Waals surface area contributed by atoms with Crippen LogP contribution in [0.1, 0.15) is 73.4 Å². The van der Waals surface area contributed by atoms with Gasteiger partial charge in [0, 0.05) is 59.8 Å². The number of nitrogens with zero attached hydrogens (tertiary/aromatic N) is 5. The fraction of sp³-hybridized carbons (Fsp3) is 0.289. The minimum Gasteiger partial charge on any atom is -0.508 e. The van der Waals surface area contributed by atoms with Crippen molar-refractivity contribution in [3.05, 3.63) is 111 Å². The van der Waals surface area contributed by atoms with Gasteiger partial charge < -0.3 is 45.0 Å². The number of rotatable bonds is 9. The molecule has 16 nitrogen and oxygen atoms in total. The number of urea groups is 1. The molecule has 1 atom stereocenters. The fourth-order valence-electron chi connectivity index (χ4n) is 8.48. The van der Waals surface area contributed by atoms with Crippen LogP contribution in [0.3, 0.4) is 0 Å². The van der Waals surface area contributed by atoms with Gasteiger partial charge >= 0.3 is 18.1 Å². The number of primary amides is 1. The molecule has 0 fully saturated rings. The first kappa shape index (κ1) is 40.6. The lowest BCUT2D eigenvalue weighted by atomic mass is 9.86. The van der Waals surface area contributed by atoms with Crippen molar-refractivity contribution in [3.8, 4) is 28.6 Å². The van der Waals surface area contributed by atoms with E-state index in [2.05, 4.69) is 10.3 Å². The number of aliphatic imine (C=N–C) groups is 1. The molecule has 3 aromatic carbocycles. The van der Waals surface area contributed by atoms with Gasteiger partial charge in [0.25, 0.3) is 5.56 Å². The molecule has 0 bridgehead atoms. The third-order valence-corrected chi connectivity index (χ3v) is 11.6. The molecule has 6 aromatic rings. The Morgan fingerprint density at radius 1 is 1.05 bits per heavy atom. The molecule has 8 rings (SSSR count). The highest BCUT2D eigenvalue weighted by Gasteiger charge is 2.45. The van der Waals surface area contributed by atoms with Gasteiger partial charge in [-0.25, -0.2) is 24.3 Å². The standard InChI is InChI=1S/C45H45N7O9/c1-6-27-29-17-26(9-10-34(29)49-39-31(27)21-51-36(39)19-33-32(41(51)55)22-60-42(56)45(33,59)7-2)61-44(58)48-13-15-50-14-12-24-16-25(8-11-35(24)50)52(43(46)57)40(47-5)30-18-28(23(3)4)37(53)20-38(30)54/h8-12,14,16-20,23,53-54,59H,6-7,13,15,21-22H2,1-5H3,(H2,46,57)(H,48,58)/b47-40-. The molecule has 2 aliphatic rings. The van der Waals surface area contributed by atoms with Crippen LogP contribution in [0.5, 0.6) is 17.2 Å². The number of aromatic hydroxyl groups is 2. The molecular formula is C45H45N7O9. The molecule has 3 amide bonds. The molecule has 0 saturated carbocycles. The number of hydrogen-bond acceptors (Lipinski definition) is 11. The molecule has 3 aromatic heterocycles. The number of benzene rings is 3. The van der Waals surface area contributed by atoms with E-state index in [-0.39, 0.29) is 71.6 Å².